The summed E-state index contributed by atoms with van der Waals surface area (Å²) in [6.07, 6.45) is 0. The van der Waals surface area contributed by atoms with Crippen LogP contribution in [0.25, 0.3) is 32.5 Å². The molecule has 2 aromatic heterocycles. The molecule has 0 saturated heterocycles. The van der Waals surface area contributed by atoms with Crippen LogP contribution in [0.15, 0.2) is 76.1 Å². The van der Waals surface area contributed by atoms with Crippen LogP contribution in [-0.4, -0.2) is 18.7 Å². The molecule has 0 aliphatic carbocycles. The minimum atomic E-state index is 0.594. The van der Waals surface area contributed by atoms with E-state index < -0.39 is 0 Å². The van der Waals surface area contributed by atoms with Crippen LogP contribution in [-0.2, 0) is 0 Å². The van der Waals surface area contributed by atoms with Crippen molar-refractivity contribution in [2.75, 3.05) is 13.7 Å². The highest BCUT2D eigenvalue weighted by Gasteiger charge is 2.10. The van der Waals surface area contributed by atoms with Crippen molar-refractivity contribution < 1.29 is 13.9 Å². The van der Waals surface area contributed by atoms with Gasteiger partial charge in [0, 0.05) is 17.0 Å². The van der Waals surface area contributed by atoms with Gasteiger partial charge in [0.2, 0.25) is 5.13 Å². The fraction of sp³-hybridized carbons (Fsp3) is 0.154. The number of hydrogen-bond acceptors (Lipinski definition) is 6. The van der Waals surface area contributed by atoms with Crippen LogP contribution in [0, 0.1) is 6.92 Å². The Balaban J connectivity index is 1.72. The summed E-state index contributed by atoms with van der Waals surface area (Å²) in [5.74, 6) is 2.30. The molecule has 5 nitrogen and oxygen atoms in total. The minimum absolute atomic E-state index is 0.594. The van der Waals surface area contributed by atoms with Gasteiger partial charge in [-0.15, -0.1) is 0 Å². The summed E-state index contributed by atoms with van der Waals surface area (Å²) in [6, 6.07) is 21.8. The standard InChI is InChI=1S/C26H22N2O3S/c1-4-30-19-10-12-23-20(14-19)22(15-24(31-23)17-6-8-18(29-3)9-7-17)28-26-27-21-11-5-16(2)13-25(21)32-26/h5-15H,4H2,1-3H3/b28-22+. The van der Waals surface area contributed by atoms with Crippen LogP contribution in [0.4, 0.5) is 5.13 Å². The maximum atomic E-state index is 6.23. The Bertz CT molecular complexity index is 1480. The third-order valence-corrected chi connectivity index (χ3v) is 6.06. The lowest BCUT2D eigenvalue weighted by Crippen LogP contribution is -2.04. The molecule has 6 heteroatoms. The predicted molar refractivity (Wildman–Crippen MR) is 129 cm³/mol. The van der Waals surface area contributed by atoms with Crippen molar-refractivity contribution in [1.29, 1.82) is 0 Å². The summed E-state index contributed by atoms with van der Waals surface area (Å²) in [5, 5.41) is 2.37. The van der Waals surface area contributed by atoms with Gasteiger partial charge in [-0.25, -0.2) is 9.98 Å². The average Bonchev–Trinajstić information content (AvgIpc) is 3.21. The molecule has 3 aromatic carbocycles. The highest BCUT2D eigenvalue weighted by Crippen LogP contribution is 2.30. The van der Waals surface area contributed by atoms with E-state index in [0.717, 1.165) is 49.4 Å². The second-order valence-electron chi connectivity index (χ2n) is 7.39. The predicted octanol–water partition coefficient (Wildman–Crippen LogP) is 6.66. The molecule has 5 rings (SSSR count). The minimum Gasteiger partial charge on any atom is -0.497 e. The molecule has 0 radical (unpaired) electrons. The zero-order valence-electron chi connectivity index (χ0n) is 18.1. The van der Waals surface area contributed by atoms with Crippen molar-refractivity contribution >= 4 is 37.7 Å². The van der Waals surface area contributed by atoms with Gasteiger partial charge in [-0.1, -0.05) is 17.4 Å². The molecule has 0 aliphatic rings. The highest BCUT2D eigenvalue weighted by molar-refractivity contribution is 7.21. The summed E-state index contributed by atoms with van der Waals surface area (Å²) in [4.78, 5) is 9.64. The molecule has 0 bridgehead atoms. The van der Waals surface area contributed by atoms with Crippen molar-refractivity contribution in [3.05, 3.63) is 77.7 Å². The van der Waals surface area contributed by atoms with Crippen LogP contribution in [0.3, 0.4) is 0 Å². The number of aryl methyl sites for hydroxylation is 1. The van der Waals surface area contributed by atoms with Gasteiger partial charge < -0.3 is 13.9 Å². The highest BCUT2D eigenvalue weighted by atomic mass is 32.1. The number of hydrogen-bond donors (Lipinski definition) is 0. The quantitative estimate of drug-likeness (QED) is 0.305. The van der Waals surface area contributed by atoms with Gasteiger partial charge in [0.25, 0.3) is 0 Å². The summed E-state index contributed by atoms with van der Waals surface area (Å²) in [7, 11) is 1.65. The van der Waals surface area contributed by atoms with Gasteiger partial charge in [-0.2, -0.15) is 0 Å². The van der Waals surface area contributed by atoms with Crippen LogP contribution >= 0.6 is 11.3 Å². The first-order valence-electron chi connectivity index (χ1n) is 10.4. The zero-order chi connectivity index (χ0) is 22.1. The zero-order valence-corrected chi connectivity index (χ0v) is 18.9. The molecule has 0 fully saturated rings. The SMILES string of the molecule is CCOc1ccc2oc(-c3ccc(OC)cc3)c/c(=N\c3nc4ccc(C)cc4s3)c2c1. The van der Waals surface area contributed by atoms with Gasteiger partial charge in [0.05, 0.1) is 29.3 Å². The number of benzene rings is 3. The lowest BCUT2D eigenvalue weighted by atomic mass is 10.1. The van der Waals surface area contributed by atoms with Crippen LogP contribution in [0.1, 0.15) is 12.5 Å². The van der Waals surface area contributed by atoms with Gasteiger partial charge in [0.1, 0.15) is 22.8 Å². The lowest BCUT2D eigenvalue weighted by Gasteiger charge is -2.08. The molecular weight excluding hydrogens is 420 g/mol. The van der Waals surface area contributed by atoms with E-state index in [0.29, 0.717) is 11.7 Å². The fourth-order valence-corrected chi connectivity index (χ4v) is 4.51. The molecule has 0 atom stereocenters. The first-order valence-corrected chi connectivity index (χ1v) is 11.2. The number of thiazole rings is 1. The third-order valence-electron chi connectivity index (χ3n) is 5.15. The third kappa shape index (κ3) is 3.97. The average molecular weight is 443 g/mol. The smallest absolute Gasteiger partial charge is 0.210 e. The van der Waals surface area contributed by atoms with Gasteiger partial charge in [0.15, 0.2) is 0 Å². The molecule has 0 N–H and O–H groups in total. The second-order valence-corrected chi connectivity index (χ2v) is 8.40. The Labute approximate surface area is 189 Å². The maximum absolute atomic E-state index is 6.23. The van der Waals surface area contributed by atoms with E-state index in [1.54, 1.807) is 18.4 Å². The number of methoxy groups -OCH3 is 1. The first kappa shape index (κ1) is 20.3. The Kier molecular flexibility index (Phi) is 5.37. The van der Waals surface area contributed by atoms with Crippen LogP contribution in [0.2, 0.25) is 0 Å². The molecule has 2 heterocycles. The van der Waals surface area contributed by atoms with Crippen LogP contribution < -0.4 is 14.8 Å². The largest absolute Gasteiger partial charge is 0.497 e. The maximum Gasteiger partial charge on any atom is 0.210 e. The van der Waals surface area contributed by atoms with Crippen LogP contribution in [0.5, 0.6) is 11.5 Å². The van der Waals surface area contributed by atoms with E-state index in [1.165, 1.54) is 5.56 Å². The fourth-order valence-electron chi connectivity index (χ4n) is 3.57. The van der Waals surface area contributed by atoms with E-state index in [2.05, 4.69) is 19.1 Å². The van der Waals surface area contributed by atoms with E-state index in [4.69, 9.17) is 23.9 Å². The molecule has 0 spiro atoms. The summed E-state index contributed by atoms with van der Waals surface area (Å²) >= 11 is 1.58. The summed E-state index contributed by atoms with van der Waals surface area (Å²) in [5.41, 5.74) is 3.84. The van der Waals surface area contributed by atoms with Gasteiger partial charge >= 0.3 is 0 Å². The van der Waals surface area contributed by atoms with Crippen molar-refractivity contribution in [3.8, 4) is 22.8 Å². The first-order chi connectivity index (χ1) is 15.6. The molecule has 0 unspecified atom stereocenters. The van der Waals surface area contributed by atoms with E-state index >= 15 is 0 Å². The van der Waals surface area contributed by atoms with Gasteiger partial charge in [-0.05, 0) is 74.0 Å². The van der Waals surface area contributed by atoms with E-state index in [1.807, 2.05) is 61.5 Å². The Morgan fingerprint density at radius 1 is 0.969 bits per heavy atom. The number of fused-ring (bicyclic) bond motifs is 2. The Hall–Kier alpha value is -3.64. The number of ether oxygens (including phenoxy) is 2. The molecule has 0 saturated carbocycles. The van der Waals surface area contributed by atoms with Crippen molar-refractivity contribution in [3.63, 3.8) is 0 Å². The molecule has 160 valence electrons. The number of nitrogens with zero attached hydrogens (tertiary/aromatic N) is 2. The topological polar surface area (TPSA) is 56.9 Å². The molecule has 0 aliphatic heterocycles. The second kappa shape index (κ2) is 8.48. The molecule has 0 amide bonds. The van der Waals surface area contributed by atoms with Crippen molar-refractivity contribution in [2.24, 2.45) is 4.99 Å². The Morgan fingerprint density at radius 3 is 2.56 bits per heavy atom. The number of rotatable bonds is 5. The van der Waals surface area contributed by atoms with Crippen molar-refractivity contribution in [1.82, 2.24) is 4.98 Å². The lowest BCUT2D eigenvalue weighted by molar-refractivity contribution is 0.340. The Morgan fingerprint density at radius 2 is 1.78 bits per heavy atom. The molecule has 5 aromatic rings. The molecular formula is C26H22N2O3S. The molecule has 32 heavy (non-hydrogen) atoms. The van der Waals surface area contributed by atoms with Gasteiger partial charge in [-0.3, -0.25) is 0 Å². The number of aromatic nitrogens is 1. The van der Waals surface area contributed by atoms with Crippen molar-refractivity contribution in [2.45, 2.75) is 13.8 Å². The van der Waals surface area contributed by atoms with E-state index in [9.17, 15) is 0 Å². The van der Waals surface area contributed by atoms with E-state index in [-0.39, 0.29) is 0 Å². The summed E-state index contributed by atoms with van der Waals surface area (Å²) in [6.45, 7) is 4.64. The normalized spacial score (nSPS) is 11.9. The monoisotopic (exact) mass is 442 g/mol. The summed E-state index contributed by atoms with van der Waals surface area (Å²) < 4.78 is 18.4.